The third-order valence-corrected chi connectivity index (χ3v) is 4.47. The molecule has 0 spiro atoms. The van der Waals surface area contributed by atoms with Crippen LogP contribution < -0.4 is 10.6 Å². The Morgan fingerprint density at radius 1 is 1.21 bits per heavy atom. The van der Waals surface area contributed by atoms with Gasteiger partial charge in [-0.3, -0.25) is 19.5 Å². The van der Waals surface area contributed by atoms with Gasteiger partial charge in [0.05, 0.1) is 12.2 Å². The Morgan fingerprint density at radius 2 is 2.07 bits per heavy atom. The molecule has 0 saturated carbocycles. The molecule has 1 aliphatic rings. The van der Waals surface area contributed by atoms with E-state index >= 15 is 0 Å². The van der Waals surface area contributed by atoms with Crippen LogP contribution in [-0.4, -0.2) is 40.3 Å². The van der Waals surface area contributed by atoms with Gasteiger partial charge in [0.25, 0.3) is 5.91 Å². The van der Waals surface area contributed by atoms with Gasteiger partial charge in [0.1, 0.15) is 11.9 Å². The number of benzene rings is 1. The summed E-state index contributed by atoms with van der Waals surface area (Å²) in [6.45, 7) is 0.473. The molecule has 0 radical (unpaired) electrons. The molecular weight excluding hydrogens is 363 g/mol. The highest BCUT2D eigenvalue weighted by atomic mass is 19.1. The van der Waals surface area contributed by atoms with Crippen molar-refractivity contribution in [3.63, 3.8) is 0 Å². The van der Waals surface area contributed by atoms with E-state index in [1.165, 1.54) is 12.1 Å². The molecule has 1 aromatic heterocycles. The molecule has 1 atom stereocenters. The van der Waals surface area contributed by atoms with Gasteiger partial charge >= 0.3 is 6.03 Å². The quantitative estimate of drug-likeness (QED) is 0.679. The van der Waals surface area contributed by atoms with Crippen LogP contribution in [0.15, 0.2) is 48.7 Å². The van der Waals surface area contributed by atoms with E-state index in [-0.39, 0.29) is 37.0 Å². The molecule has 0 bridgehead atoms. The highest BCUT2D eigenvalue weighted by molar-refractivity contribution is 6.04. The summed E-state index contributed by atoms with van der Waals surface area (Å²) < 4.78 is 13.2. The zero-order chi connectivity index (χ0) is 19.9. The number of urea groups is 1. The monoisotopic (exact) mass is 384 g/mol. The van der Waals surface area contributed by atoms with Crippen LogP contribution in [0.25, 0.3) is 0 Å². The Bertz CT molecular complexity index is 860. The molecule has 1 fully saturated rings. The molecule has 2 aromatic rings. The first-order valence-corrected chi connectivity index (χ1v) is 9.06. The average molecular weight is 384 g/mol. The molecule has 2 N–H and O–H groups in total. The Balaban J connectivity index is 1.44. The van der Waals surface area contributed by atoms with E-state index in [4.69, 9.17) is 0 Å². The maximum Gasteiger partial charge on any atom is 0.324 e. The largest absolute Gasteiger partial charge is 0.350 e. The van der Waals surface area contributed by atoms with Crippen molar-refractivity contribution < 1.29 is 18.8 Å². The van der Waals surface area contributed by atoms with Gasteiger partial charge in [-0.15, -0.1) is 0 Å². The van der Waals surface area contributed by atoms with Crippen LogP contribution in [0.4, 0.5) is 9.18 Å². The Hall–Kier alpha value is -3.29. The Labute approximate surface area is 161 Å². The predicted octanol–water partition coefficient (Wildman–Crippen LogP) is 1.78. The third-order valence-electron chi connectivity index (χ3n) is 4.47. The molecule has 28 heavy (non-hydrogen) atoms. The van der Waals surface area contributed by atoms with Gasteiger partial charge in [-0.1, -0.05) is 18.2 Å². The second-order valence-electron chi connectivity index (χ2n) is 6.51. The van der Waals surface area contributed by atoms with E-state index in [1.54, 1.807) is 30.5 Å². The number of pyridine rings is 1. The van der Waals surface area contributed by atoms with Gasteiger partial charge in [0, 0.05) is 19.2 Å². The fraction of sp³-hybridized carbons (Fsp3) is 0.300. The van der Waals surface area contributed by atoms with E-state index in [9.17, 15) is 18.8 Å². The van der Waals surface area contributed by atoms with E-state index in [1.807, 2.05) is 6.07 Å². The van der Waals surface area contributed by atoms with Gasteiger partial charge in [-0.2, -0.15) is 0 Å². The molecule has 1 unspecified atom stereocenters. The average Bonchev–Trinajstić information content (AvgIpc) is 2.97. The molecule has 1 aromatic carbocycles. The summed E-state index contributed by atoms with van der Waals surface area (Å²) in [5.41, 5.74) is 1.45. The Kier molecular flexibility index (Phi) is 6.31. The number of hydrogen-bond donors (Lipinski definition) is 2. The summed E-state index contributed by atoms with van der Waals surface area (Å²) >= 11 is 0. The fourth-order valence-electron chi connectivity index (χ4n) is 2.97. The number of nitrogens with zero attached hydrogens (tertiary/aromatic N) is 2. The van der Waals surface area contributed by atoms with Crippen LogP contribution in [-0.2, 0) is 22.6 Å². The fourth-order valence-corrected chi connectivity index (χ4v) is 2.97. The number of aromatic nitrogens is 1. The van der Waals surface area contributed by atoms with Gasteiger partial charge < -0.3 is 10.6 Å². The SMILES string of the molecule is O=C(CCC1NC(=O)N(CCc2cccc(F)c2)C1=O)NCc1ccccn1. The number of imide groups is 1. The number of halogens is 1. The molecule has 3 rings (SSSR count). The highest BCUT2D eigenvalue weighted by Gasteiger charge is 2.37. The highest BCUT2D eigenvalue weighted by Crippen LogP contribution is 2.13. The summed E-state index contributed by atoms with van der Waals surface area (Å²) in [5, 5.41) is 5.34. The van der Waals surface area contributed by atoms with Crippen molar-refractivity contribution in [3.05, 3.63) is 65.7 Å². The molecule has 8 heteroatoms. The molecule has 0 aliphatic carbocycles. The van der Waals surface area contributed by atoms with Crippen molar-refractivity contribution >= 4 is 17.8 Å². The number of rotatable bonds is 8. The smallest absolute Gasteiger partial charge is 0.324 e. The van der Waals surface area contributed by atoms with Crippen molar-refractivity contribution in [1.29, 1.82) is 0 Å². The van der Waals surface area contributed by atoms with Crippen molar-refractivity contribution in [2.75, 3.05) is 6.54 Å². The third kappa shape index (κ3) is 5.12. The second-order valence-corrected chi connectivity index (χ2v) is 6.51. The summed E-state index contributed by atoms with van der Waals surface area (Å²) in [4.78, 5) is 41.7. The minimum atomic E-state index is -0.722. The lowest BCUT2D eigenvalue weighted by Gasteiger charge is -2.13. The minimum Gasteiger partial charge on any atom is -0.350 e. The number of carbonyl (C=O) groups is 3. The van der Waals surface area contributed by atoms with Crippen LogP contribution in [0.3, 0.4) is 0 Å². The Morgan fingerprint density at radius 3 is 2.82 bits per heavy atom. The van der Waals surface area contributed by atoms with Gasteiger partial charge in [-0.05, 0) is 42.7 Å². The number of hydrogen-bond acceptors (Lipinski definition) is 4. The summed E-state index contributed by atoms with van der Waals surface area (Å²) in [6, 6.07) is 10.3. The zero-order valence-electron chi connectivity index (χ0n) is 15.2. The lowest BCUT2D eigenvalue weighted by Crippen LogP contribution is -2.34. The normalized spacial score (nSPS) is 16.2. The van der Waals surface area contributed by atoms with Crippen LogP contribution >= 0.6 is 0 Å². The van der Waals surface area contributed by atoms with Crippen LogP contribution in [0.5, 0.6) is 0 Å². The van der Waals surface area contributed by atoms with E-state index in [2.05, 4.69) is 15.6 Å². The van der Waals surface area contributed by atoms with Crippen molar-refractivity contribution in [2.45, 2.75) is 31.8 Å². The first-order chi connectivity index (χ1) is 13.5. The van der Waals surface area contributed by atoms with Crippen LogP contribution in [0.1, 0.15) is 24.1 Å². The maximum atomic E-state index is 13.2. The van der Waals surface area contributed by atoms with Crippen molar-refractivity contribution in [2.24, 2.45) is 0 Å². The molecule has 4 amide bonds. The lowest BCUT2D eigenvalue weighted by atomic mass is 10.1. The van der Waals surface area contributed by atoms with E-state index in [0.29, 0.717) is 18.5 Å². The number of nitrogens with one attached hydrogen (secondary N) is 2. The standard InChI is InChI=1S/C20H21FN4O3/c21-15-5-3-4-14(12-15)9-11-25-19(27)17(24-20(25)28)7-8-18(26)23-13-16-6-1-2-10-22-16/h1-6,10,12,17H,7-9,11,13H2,(H,23,26)(H,24,28). The topological polar surface area (TPSA) is 91.4 Å². The maximum absolute atomic E-state index is 13.2. The van der Waals surface area contributed by atoms with Crippen molar-refractivity contribution in [3.8, 4) is 0 Å². The molecule has 146 valence electrons. The zero-order valence-corrected chi connectivity index (χ0v) is 15.2. The lowest BCUT2D eigenvalue weighted by molar-refractivity contribution is -0.127. The van der Waals surface area contributed by atoms with E-state index in [0.717, 1.165) is 10.6 Å². The second kappa shape index (κ2) is 9.07. The summed E-state index contributed by atoms with van der Waals surface area (Å²) in [7, 11) is 0. The number of carbonyl (C=O) groups excluding carboxylic acids is 3. The summed E-state index contributed by atoms with van der Waals surface area (Å²) in [6.07, 6.45) is 2.34. The van der Waals surface area contributed by atoms with Crippen LogP contribution in [0, 0.1) is 5.82 Å². The van der Waals surface area contributed by atoms with Gasteiger partial charge in [0.15, 0.2) is 0 Å². The van der Waals surface area contributed by atoms with E-state index < -0.39 is 12.1 Å². The first kappa shape index (κ1) is 19.5. The minimum absolute atomic E-state index is 0.112. The van der Waals surface area contributed by atoms with Gasteiger partial charge in [-0.25, -0.2) is 9.18 Å². The molecule has 1 saturated heterocycles. The molecular formula is C20H21FN4O3. The summed E-state index contributed by atoms with van der Waals surface area (Å²) in [5.74, 6) is -0.936. The molecule has 2 heterocycles. The number of amides is 4. The molecule has 1 aliphatic heterocycles. The molecule has 7 nitrogen and oxygen atoms in total. The first-order valence-electron chi connectivity index (χ1n) is 9.06. The predicted molar refractivity (Wildman–Crippen MR) is 99.5 cm³/mol. The van der Waals surface area contributed by atoms with Gasteiger partial charge in [0.2, 0.25) is 5.91 Å². The van der Waals surface area contributed by atoms with Crippen LogP contribution in [0.2, 0.25) is 0 Å². The van der Waals surface area contributed by atoms with Crippen molar-refractivity contribution in [1.82, 2.24) is 20.5 Å².